The molecule has 0 bridgehead atoms. The van der Waals surface area contributed by atoms with E-state index in [-0.39, 0.29) is 24.9 Å². The standard InChI is InChI=1S/C15H23N3O4S.ClH/c1-22-12-7-16-13-15(19)17-8-10-18(11-9-17)23(20,21)14-5-3-2-4-6-14;/h2-6,16H,7-13H2,1H3;1H. The van der Waals surface area contributed by atoms with Gasteiger partial charge in [-0.1, -0.05) is 18.2 Å². The minimum absolute atomic E-state index is 0. The molecule has 1 aromatic carbocycles. The van der Waals surface area contributed by atoms with E-state index in [2.05, 4.69) is 5.32 Å². The average Bonchev–Trinajstić information content (AvgIpc) is 2.59. The Hall–Kier alpha value is -1.19. The van der Waals surface area contributed by atoms with Crippen molar-refractivity contribution in [3.63, 3.8) is 0 Å². The van der Waals surface area contributed by atoms with Gasteiger partial charge in [0.25, 0.3) is 0 Å². The van der Waals surface area contributed by atoms with Gasteiger partial charge in [-0.2, -0.15) is 4.31 Å². The number of nitrogens with one attached hydrogen (secondary N) is 1. The topological polar surface area (TPSA) is 79.0 Å². The summed E-state index contributed by atoms with van der Waals surface area (Å²) in [5, 5.41) is 3.00. The molecule has 1 amide bonds. The SMILES string of the molecule is COCCNCC(=O)N1CCN(S(=O)(=O)c2ccccc2)CC1.Cl. The molecule has 1 heterocycles. The number of ether oxygens (including phenoxy) is 1. The maximum atomic E-state index is 12.5. The first-order valence-electron chi connectivity index (χ1n) is 7.58. The molecule has 0 saturated carbocycles. The second-order valence-corrected chi connectivity index (χ2v) is 7.21. The fourth-order valence-corrected chi connectivity index (χ4v) is 3.84. The van der Waals surface area contributed by atoms with Gasteiger partial charge in [0.15, 0.2) is 0 Å². The fourth-order valence-electron chi connectivity index (χ4n) is 2.40. The molecule has 1 fully saturated rings. The second kappa shape index (κ2) is 9.95. The van der Waals surface area contributed by atoms with Crippen molar-refractivity contribution in [2.45, 2.75) is 4.90 Å². The number of benzene rings is 1. The highest BCUT2D eigenvalue weighted by Gasteiger charge is 2.29. The number of carbonyl (C=O) groups excluding carboxylic acids is 1. The van der Waals surface area contributed by atoms with Crippen molar-refractivity contribution in [2.75, 3.05) is 53.0 Å². The molecule has 1 N–H and O–H groups in total. The van der Waals surface area contributed by atoms with Crippen LogP contribution in [-0.2, 0) is 19.6 Å². The minimum Gasteiger partial charge on any atom is -0.383 e. The molecule has 0 radical (unpaired) electrons. The van der Waals surface area contributed by atoms with Crippen LogP contribution in [0.5, 0.6) is 0 Å². The van der Waals surface area contributed by atoms with E-state index >= 15 is 0 Å². The van der Waals surface area contributed by atoms with Crippen molar-refractivity contribution in [2.24, 2.45) is 0 Å². The minimum atomic E-state index is -3.47. The number of carbonyl (C=O) groups is 1. The number of amides is 1. The first-order chi connectivity index (χ1) is 11.1. The van der Waals surface area contributed by atoms with E-state index in [0.29, 0.717) is 44.2 Å². The smallest absolute Gasteiger partial charge is 0.243 e. The zero-order valence-electron chi connectivity index (χ0n) is 13.7. The summed E-state index contributed by atoms with van der Waals surface area (Å²) in [6.45, 7) is 2.88. The summed E-state index contributed by atoms with van der Waals surface area (Å²) in [6.07, 6.45) is 0. The zero-order chi connectivity index (χ0) is 16.7. The van der Waals surface area contributed by atoms with Crippen LogP contribution < -0.4 is 5.32 Å². The van der Waals surface area contributed by atoms with E-state index in [4.69, 9.17) is 4.74 Å². The maximum absolute atomic E-state index is 12.5. The Morgan fingerprint density at radius 2 is 1.79 bits per heavy atom. The van der Waals surface area contributed by atoms with Gasteiger partial charge in [-0.3, -0.25) is 4.79 Å². The van der Waals surface area contributed by atoms with Crippen LogP contribution in [-0.4, -0.2) is 76.5 Å². The summed E-state index contributed by atoms with van der Waals surface area (Å²) in [5.74, 6) is -0.0159. The van der Waals surface area contributed by atoms with E-state index in [0.717, 1.165) is 0 Å². The molecule has 0 atom stereocenters. The number of rotatable bonds is 7. The van der Waals surface area contributed by atoms with E-state index in [1.54, 1.807) is 42.3 Å². The zero-order valence-corrected chi connectivity index (χ0v) is 15.3. The van der Waals surface area contributed by atoms with Gasteiger partial charge in [0, 0.05) is 39.8 Å². The van der Waals surface area contributed by atoms with Crippen molar-refractivity contribution in [1.82, 2.24) is 14.5 Å². The average molecular weight is 378 g/mol. The van der Waals surface area contributed by atoms with Crippen molar-refractivity contribution < 1.29 is 17.9 Å². The highest BCUT2D eigenvalue weighted by Crippen LogP contribution is 2.17. The maximum Gasteiger partial charge on any atom is 0.243 e. The molecular weight excluding hydrogens is 354 g/mol. The lowest BCUT2D eigenvalue weighted by molar-refractivity contribution is -0.131. The largest absolute Gasteiger partial charge is 0.383 e. The quantitative estimate of drug-likeness (QED) is 0.686. The van der Waals surface area contributed by atoms with Crippen molar-refractivity contribution in [3.05, 3.63) is 30.3 Å². The van der Waals surface area contributed by atoms with Gasteiger partial charge in [-0.15, -0.1) is 12.4 Å². The van der Waals surface area contributed by atoms with Crippen molar-refractivity contribution >= 4 is 28.3 Å². The Morgan fingerprint density at radius 1 is 1.17 bits per heavy atom. The third kappa shape index (κ3) is 5.42. The molecule has 2 rings (SSSR count). The number of sulfonamides is 1. The summed E-state index contributed by atoms with van der Waals surface area (Å²) in [4.78, 5) is 14.0. The van der Waals surface area contributed by atoms with Crippen LogP contribution in [0.1, 0.15) is 0 Å². The van der Waals surface area contributed by atoms with Gasteiger partial charge >= 0.3 is 0 Å². The number of nitrogens with zero attached hydrogens (tertiary/aromatic N) is 2. The van der Waals surface area contributed by atoms with Crippen LogP contribution in [0.15, 0.2) is 35.2 Å². The molecule has 0 spiro atoms. The first kappa shape index (κ1) is 20.9. The lowest BCUT2D eigenvalue weighted by atomic mass is 10.3. The molecule has 0 unspecified atom stereocenters. The summed E-state index contributed by atoms with van der Waals surface area (Å²) in [7, 11) is -1.87. The normalized spacial score (nSPS) is 15.8. The van der Waals surface area contributed by atoms with Crippen molar-refractivity contribution in [1.29, 1.82) is 0 Å². The molecule has 1 aliphatic rings. The molecule has 1 aliphatic heterocycles. The molecule has 7 nitrogen and oxygen atoms in total. The molecule has 9 heteroatoms. The molecule has 1 aromatic rings. The third-order valence-electron chi connectivity index (χ3n) is 3.73. The predicted molar refractivity (Wildman–Crippen MR) is 93.8 cm³/mol. The monoisotopic (exact) mass is 377 g/mol. The van der Waals surface area contributed by atoms with Crippen LogP contribution in [0.3, 0.4) is 0 Å². The second-order valence-electron chi connectivity index (χ2n) is 5.27. The molecule has 24 heavy (non-hydrogen) atoms. The lowest BCUT2D eigenvalue weighted by Crippen LogP contribution is -2.52. The van der Waals surface area contributed by atoms with Crippen LogP contribution in [0.2, 0.25) is 0 Å². The summed E-state index contributed by atoms with van der Waals surface area (Å²) >= 11 is 0. The Labute approximate surface area is 149 Å². The number of halogens is 1. The van der Waals surface area contributed by atoms with Crippen LogP contribution in [0, 0.1) is 0 Å². The van der Waals surface area contributed by atoms with Gasteiger partial charge in [-0.25, -0.2) is 8.42 Å². The number of piperazine rings is 1. The highest BCUT2D eigenvalue weighted by atomic mass is 35.5. The summed E-state index contributed by atoms with van der Waals surface area (Å²) < 4.78 is 31.3. The molecule has 1 saturated heterocycles. The van der Waals surface area contributed by atoms with E-state index in [1.165, 1.54) is 4.31 Å². The van der Waals surface area contributed by atoms with Crippen LogP contribution in [0.25, 0.3) is 0 Å². The van der Waals surface area contributed by atoms with Crippen LogP contribution in [0.4, 0.5) is 0 Å². The van der Waals surface area contributed by atoms with Gasteiger partial charge in [-0.05, 0) is 12.1 Å². The third-order valence-corrected chi connectivity index (χ3v) is 5.64. The van der Waals surface area contributed by atoms with E-state index < -0.39 is 10.0 Å². The molecular formula is C15H24ClN3O4S. The molecule has 136 valence electrons. The first-order valence-corrected chi connectivity index (χ1v) is 9.02. The van der Waals surface area contributed by atoms with E-state index in [1.807, 2.05) is 0 Å². The number of hydrogen-bond acceptors (Lipinski definition) is 5. The summed E-state index contributed by atoms with van der Waals surface area (Å²) in [6, 6.07) is 8.38. The van der Waals surface area contributed by atoms with E-state index in [9.17, 15) is 13.2 Å². The number of methoxy groups -OCH3 is 1. The summed E-state index contributed by atoms with van der Waals surface area (Å²) in [5.41, 5.74) is 0. The predicted octanol–water partition coefficient (Wildman–Crippen LogP) is 0.177. The molecule has 0 aliphatic carbocycles. The Bertz CT molecular complexity index is 604. The van der Waals surface area contributed by atoms with Gasteiger partial charge in [0.1, 0.15) is 0 Å². The number of hydrogen-bond donors (Lipinski definition) is 1. The van der Waals surface area contributed by atoms with Gasteiger partial charge < -0.3 is 15.0 Å². The fraction of sp³-hybridized carbons (Fsp3) is 0.533. The van der Waals surface area contributed by atoms with Gasteiger partial charge in [0.05, 0.1) is 18.0 Å². The van der Waals surface area contributed by atoms with Gasteiger partial charge in [0.2, 0.25) is 15.9 Å². The highest BCUT2D eigenvalue weighted by molar-refractivity contribution is 7.89. The Morgan fingerprint density at radius 3 is 2.38 bits per heavy atom. The van der Waals surface area contributed by atoms with Crippen LogP contribution >= 0.6 is 12.4 Å². The lowest BCUT2D eigenvalue weighted by Gasteiger charge is -2.34. The Kier molecular flexibility index (Phi) is 8.65. The van der Waals surface area contributed by atoms with Crippen molar-refractivity contribution in [3.8, 4) is 0 Å². The molecule has 0 aromatic heterocycles. The Balaban J connectivity index is 0.00000288.